The van der Waals surface area contributed by atoms with Crippen LogP contribution in [0.4, 0.5) is 5.82 Å². The lowest BCUT2D eigenvalue weighted by atomic mass is 10.3. The number of amides is 1. The van der Waals surface area contributed by atoms with E-state index in [0.717, 1.165) is 19.4 Å². The largest absolute Gasteiger partial charge is 0.369 e. The Kier molecular flexibility index (Phi) is 4.29. The van der Waals surface area contributed by atoms with Gasteiger partial charge in [-0.05, 0) is 19.8 Å². The van der Waals surface area contributed by atoms with Gasteiger partial charge in [0.05, 0.1) is 24.9 Å². The highest BCUT2D eigenvalue weighted by molar-refractivity contribution is 5.92. The Labute approximate surface area is 112 Å². The third kappa shape index (κ3) is 3.41. The summed E-state index contributed by atoms with van der Waals surface area (Å²) in [5, 5.41) is 11.7. The predicted octanol–water partition coefficient (Wildman–Crippen LogP) is 1.43. The molecule has 1 aliphatic rings. The van der Waals surface area contributed by atoms with E-state index in [0.29, 0.717) is 24.5 Å². The molecule has 0 radical (unpaired) electrons. The Morgan fingerprint density at radius 3 is 2.84 bits per heavy atom. The first-order valence-electron chi connectivity index (χ1n) is 6.50. The molecule has 2 rings (SSSR count). The predicted molar refractivity (Wildman–Crippen MR) is 70.5 cm³/mol. The minimum atomic E-state index is -0.131. The Morgan fingerprint density at radius 2 is 2.32 bits per heavy atom. The third-order valence-electron chi connectivity index (χ3n) is 2.94. The highest BCUT2D eigenvalue weighted by Crippen LogP contribution is 2.28. The molecule has 0 atom stereocenters. The first-order valence-corrected chi connectivity index (χ1v) is 6.50. The summed E-state index contributed by atoms with van der Waals surface area (Å²) in [7, 11) is 0. The molecular weight excluding hydrogens is 242 g/mol. The molecule has 0 bridgehead atoms. The number of nitrogens with zero attached hydrogens (tertiary/aromatic N) is 4. The minimum Gasteiger partial charge on any atom is -0.369 e. The second-order valence-corrected chi connectivity index (χ2v) is 4.46. The average molecular weight is 259 g/mol. The van der Waals surface area contributed by atoms with Crippen molar-refractivity contribution in [1.82, 2.24) is 14.9 Å². The van der Waals surface area contributed by atoms with Gasteiger partial charge in [-0.3, -0.25) is 4.79 Å². The number of rotatable bonds is 6. The van der Waals surface area contributed by atoms with E-state index in [9.17, 15) is 4.79 Å². The Bertz CT molecular complexity index is 475. The zero-order chi connectivity index (χ0) is 13.7. The van der Waals surface area contributed by atoms with Gasteiger partial charge in [0.25, 0.3) is 5.91 Å². The van der Waals surface area contributed by atoms with Crippen LogP contribution in [0.15, 0.2) is 12.4 Å². The second kappa shape index (κ2) is 6.14. The van der Waals surface area contributed by atoms with E-state index in [1.165, 1.54) is 6.20 Å². The highest BCUT2D eigenvalue weighted by atomic mass is 16.2. The quantitative estimate of drug-likeness (QED) is 0.835. The number of carbonyl (C=O) groups is 1. The Balaban J connectivity index is 2.06. The van der Waals surface area contributed by atoms with Crippen molar-refractivity contribution in [2.75, 3.05) is 18.4 Å². The van der Waals surface area contributed by atoms with Gasteiger partial charge in [-0.25, -0.2) is 9.97 Å². The summed E-state index contributed by atoms with van der Waals surface area (Å²) in [6.07, 6.45) is 5.43. The third-order valence-corrected chi connectivity index (χ3v) is 2.94. The molecule has 0 aliphatic heterocycles. The summed E-state index contributed by atoms with van der Waals surface area (Å²) in [6, 6.07) is 2.35. The maximum absolute atomic E-state index is 12.3. The zero-order valence-corrected chi connectivity index (χ0v) is 11.0. The number of hydrogen-bond acceptors (Lipinski definition) is 5. The molecule has 0 spiro atoms. The van der Waals surface area contributed by atoms with Crippen LogP contribution in [-0.4, -0.2) is 39.9 Å². The van der Waals surface area contributed by atoms with Crippen molar-refractivity contribution < 1.29 is 4.79 Å². The van der Waals surface area contributed by atoms with Crippen molar-refractivity contribution in [3.05, 3.63) is 18.1 Å². The van der Waals surface area contributed by atoms with E-state index in [2.05, 4.69) is 21.4 Å². The van der Waals surface area contributed by atoms with Gasteiger partial charge >= 0.3 is 0 Å². The molecule has 1 aromatic rings. The summed E-state index contributed by atoms with van der Waals surface area (Å²) >= 11 is 0. The van der Waals surface area contributed by atoms with Crippen molar-refractivity contribution in [1.29, 1.82) is 5.26 Å². The Hall–Kier alpha value is -2.16. The van der Waals surface area contributed by atoms with Crippen LogP contribution in [0.1, 0.15) is 36.7 Å². The van der Waals surface area contributed by atoms with Crippen molar-refractivity contribution in [2.45, 2.75) is 32.2 Å². The maximum Gasteiger partial charge on any atom is 0.274 e. The molecule has 0 unspecified atom stereocenters. The number of anilines is 1. The van der Waals surface area contributed by atoms with Gasteiger partial charge in [0, 0.05) is 19.1 Å². The van der Waals surface area contributed by atoms with E-state index in [1.54, 1.807) is 11.1 Å². The van der Waals surface area contributed by atoms with E-state index in [-0.39, 0.29) is 11.9 Å². The molecule has 1 amide bonds. The van der Waals surface area contributed by atoms with Crippen LogP contribution in [-0.2, 0) is 0 Å². The van der Waals surface area contributed by atoms with Crippen molar-refractivity contribution >= 4 is 11.7 Å². The first-order chi connectivity index (χ1) is 9.26. The molecule has 6 heteroatoms. The molecule has 1 heterocycles. The fraction of sp³-hybridized carbons (Fsp3) is 0.538. The fourth-order valence-electron chi connectivity index (χ4n) is 1.86. The maximum atomic E-state index is 12.3. The smallest absolute Gasteiger partial charge is 0.274 e. The average Bonchev–Trinajstić information content (AvgIpc) is 3.25. The highest BCUT2D eigenvalue weighted by Gasteiger charge is 2.33. The molecule has 1 aromatic heterocycles. The molecule has 19 heavy (non-hydrogen) atoms. The number of hydrogen-bond donors (Lipinski definition) is 1. The van der Waals surface area contributed by atoms with Crippen LogP contribution in [0.5, 0.6) is 0 Å². The molecular formula is C13H17N5O. The molecule has 0 aromatic carbocycles. The normalized spacial score (nSPS) is 13.7. The number of nitrogens with one attached hydrogen (secondary N) is 1. The molecule has 1 fully saturated rings. The van der Waals surface area contributed by atoms with Gasteiger partial charge < -0.3 is 10.2 Å². The lowest BCUT2D eigenvalue weighted by molar-refractivity contribution is 0.0740. The lowest BCUT2D eigenvalue weighted by Gasteiger charge is -2.20. The van der Waals surface area contributed by atoms with E-state index in [4.69, 9.17) is 5.26 Å². The standard InChI is InChI=1S/C13H17N5O/c1-2-15-12-9-16-11(8-17-12)13(19)18(7-3-6-14)10-4-5-10/h8-10H,2-5,7H2,1H3,(H,15,17). The first kappa shape index (κ1) is 13.3. The molecule has 1 saturated carbocycles. The SMILES string of the molecule is CCNc1cnc(C(=O)N(CCC#N)C2CC2)cn1. The second-order valence-electron chi connectivity index (χ2n) is 4.46. The van der Waals surface area contributed by atoms with Gasteiger partial charge in [-0.1, -0.05) is 0 Å². The van der Waals surface area contributed by atoms with E-state index >= 15 is 0 Å². The molecule has 1 N–H and O–H groups in total. The van der Waals surface area contributed by atoms with Gasteiger partial charge in [0.1, 0.15) is 11.5 Å². The molecule has 1 aliphatic carbocycles. The Morgan fingerprint density at radius 1 is 1.53 bits per heavy atom. The summed E-state index contributed by atoms with van der Waals surface area (Å²) in [4.78, 5) is 22.3. The number of carbonyl (C=O) groups excluding carboxylic acids is 1. The fourth-order valence-corrected chi connectivity index (χ4v) is 1.86. The summed E-state index contributed by atoms with van der Waals surface area (Å²) in [5.41, 5.74) is 0.339. The van der Waals surface area contributed by atoms with Crippen LogP contribution in [0, 0.1) is 11.3 Å². The lowest BCUT2D eigenvalue weighted by Crippen LogP contribution is -2.34. The van der Waals surface area contributed by atoms with Gasteiger partial charge in [-0.2, -0.15) is 5.26 Å². The van der Waals surface area contributed by atoms with Crippen LogP contribution in [0.2, 0.25) is 0 Å². The number of aromatic nitrogens is 2. The topological polar surface area (TPSA) is 81.9 Å². The van der Waals surface area contributed by atoms with Crippen LogP contribution >= 0.6 is 0 Å². The molecule has 6 nitrogen and oxygen atoms in total. The van der Waals surface area contributed by atoms with E-state index < -0.39 is 0 Å². The van der Waals surface area contributed by atoms with Crippen LogP contribution < -0.4 is 5.32 Å². The summed E-state index contributed by atoms with van der Waals surface area (Å²) in [6.45, 7) is 3.20. The van der Waals surface area contributed by atoms with Crippen molar-refractivity contribution in [2.24, 2.45) is 0 Å². The van der Waals surface area contributed by atoms with Gasteiger partial charge in [0.15, 0.2) is 0 Å². The van der Waals surface area contributed by atoms with Gasteiger partial charge in [0.2, 0.25) is 0 Å². The number of nitriles is 1. The van der Waals surface area contributed by atoms with Crippen molar-refractivity contribution in [3.63, 3.8) is 0 Å². The molecule has 100 valence electrons. The van der Waals surface area contributed by atoms with Crippen molar-refractivity contribution in [3.8, 4) is 6.07 Å². The molecule has 0 saturated heterocycles. The zero-order valence-electron chi connectivity index (χ0n) is 11.0. The van der Waals surface area contributed by atoms with Crippen LogP contribution in [0.3, 0.4) is 0 Å². The minimum absolute atomic E-state index is 0.131. The van der Waals surface area contributed by atoms with Gasteiger partial charge in [-0.15, -0.1) is 0 Å². The summed E-state index contributed by atoms with van der Waals surface area (Å²) < 4.78 is 0. The monoisotopic (exact) mass is 259 g/mol. The van der Waals surface area contributed by atoms with E-state index in [1.807, 2.05) is 6.92 Å². The summed E-state index contributed by atoms with van der Waals surface area (Å²) in [5.74, 6) is 0.530. The van der Waals surface area contributed by atoms with Crippen LogP contribution in [0.25, 0.3) is 0 Å².